The van der Waals surface area contributed by atoms with Gasteiger partial charge in [0.05, 0.1) is 11.0 Å². The van der Waals surface area contributed by atoms with Gasteiger partial charge in [-0.05, 0) is 59.0 Å². The molecule has 0 aliphatic rings. The van der Waals surface area contributed by atoms with E-state index in [-0.39, 0.29) is 0 Å². The molecule has 0 aliphatic carbocycles. The van der Waals surface area contributed by atoms with Crippen LogP contribution in [0.5, 0.6) is 0 Å². The van der Waals surface area contributed by atoms with Crippen molar-refractivity contribution in [2.45, 2.75) is 6.54 Å². The standard InChI is InChI=1S/C25H18N3O2S/c26-24(29)17-6-2-1-5-16(17)14-28-20-8-3-7-19(25(27)30)23(20)18-11-10-15(13-21(18)28)22-9-4-12-31-22/h1-10,12-13H,14H2,(H2,26,29)(H2,27,30). The van der Waals surface area contributed by atoms with Crippen molar-refractivity contribution >= 4 is 45.0 Å². The minimum atomic E-state index is -0.488. The first-order valence-electron chi connectivity index (χ1n) is 9.72. The van der Waals surface area contributed by atoms with E-state index in [9.17, 15) is 9.59 Å². The highest BCUT2D eigenvalue weighted by molar-refractivity contribution is 7.13. The maximum absolute atomic E-state index is 12.2. The summed E-state index contributed by atoms with van der Waals surface area (Å²) in [6.07, 6.45) is 0. The minimum absolute atomic E-state index is 0.420. The van der Waals surface area contributed by atoms with E-state index in [0.717, 1.165) is 37.8 Å². The average Bonchev–Trinajstić information content (AvgIpc) is 3.41. The molecule has 4 N–H and O–H groups in total. The highest BCUT2D eigenvalue weighted by Gasteiger charge is 2.19. The number of rotatable bonds is 5. The number of benzene rings is 3. The van der Waals surface area contributed by atoms with Gasteiger partial charge >= 0.3 is 0 Å². The van der Waals surface area contributed by atoms with Crippen molar-refractivity contribution in [1.82, 2.24) is 4.57 Å². The molecular weight excluding hydrogens is 406 g/mol. The SMILES string of the molecule is NC(=O)c1ccccc1Cn1c2cc(-c3cccs3)c[c]c2c2c(C(N)=O)cccc21. The van der Waals surface area contributed by atoms with Crippen molar-refractivity contribution in [3.05, 3.63) is 94.9 Å². The predicted octanol–water partition coefficient (Wildman–Crippen LogP) is 4.57. The summed E-state index contributed by atoms with van der Waals surface area (Å²) >= 11 is 1.65. The number of primary amides is 2. The smallest absolute Gasteiger partial charge is 0.249 e. The number of carbonyl (C=O) groups excluding carboxylic acids is 2. The zero-order valence-electron chi connectivity index (χ0n) is 16.5. The maximum Gasteiger partial charge on any atom is 0.249 e. The van der Waals surface area contributed by atoms with Crippen LogP contribution in [-0.4, -0.2) is 16.4 Å². The lowest BCUT2D eigenvalue weighted by atomic mass is 10.0. The highest BCUT2D eigenvalue weighted by Crippen LogP contribution is 2.35. The Hall–Kier alpha value is -3.90. The van der Waals surface area contributed by atoms with E-state index in [1.807, 2.05) is 41.8 Å². The number of fused-ring (bicyclic) bond motifs is 3. The largest absolute Gasteiger partial charge is 0.366 e. The van der Waals surface area contributed by atoms with Crippen LogP contribution in [0.25, 0.3) is 32.2 Å². The van der Waals surface area contributed by atoms with E-state index >= 15 is 0 Å². The predicted molar refractivity (Wildman–Crippen MR) is 124 cm³/mol. The fourth-order valence-corrected chi connectivity index (χ4v) is 4.80. The molecule has 0 atom stereocenters. The summed E-state index contributed by atoms with van der Waals surface area (Å²) in [5.41, 5.74) is 15.8. The fourth-order valence-electron chi connectivity index (χ4n) is 4.09. The normalized spacial score (nSPS) is 11.2. The molecule has 0 saturated carbocycles. The summed E-state index contributed by atoms with van der Waals surface area (Å²) in [6.45, 7) is 0.420. The van der Waals surface area contributed by atoms with Crippen molar-refractivity contribution in [1.29, 1.82) is 0 Å². The van der Waals surface area contributed by atoms with Crippen molar-refractivity contribution in [3.8, 4) is 10.4 Å². The molecule has 0 unspecified atom stereocenters. The Balaban J connectivity index is 1.83. The van der Waals surface area contributed by atoms with Gasteiger partial charge < -0.3 is 16.0 Å². The molecule has 5 rings (SSSR count). The van der Waals surface area contributed by atoms with E-state index in [4.69, 9.17) is 11.5 Å². The molecule has 2 aromatic heterocycles. The van der Waals surface area contributed by atoms with E-state index in [2.05, 4.69) is 22.8 Å². The fraction of sp³-hybridized carbons (Fsp3) is 0.0400. The molecule has 5 aromatic rings. The molecule has 3 aromatic carbocycles. The van der Waals surface area contributed by atoms with Crippen LogP contribution >= 0.6 is 11.3 Å². The number of carbonyl (C=O) groups is 2. The molecule has 2 heterocycles. The Morgan fingerprint density at radius 3 is 2.42 bits per heavy atom. The molecule has 2 amide bonds. The molecule has 6 heteroatoms. The number of hydrogen-bond acceptors (Lipinski definition) is 3. The Labute approximate surface area is 182 Å². The first kappa shape index (κ1) is 19.1. The summed E-state index contributed by atoms with van der Waals surface area (Å²) in [6, 6.07) is 24.3. The molecule has 0 fully saturated rings. The molecule has 0 bridgehead atoms. The van der Waals surface area contributed by atoms with Crippen LogP contribution in [-0.2, 0) is 6.54 Å². The number of amides is 2. The van der Waals surface area contributed by atoms with Gasteiger partial charge in [-0.2, -0.15) is 0 Å². The molecule has 1 radical (unpaired) electrons. The third-order valence-electron chi connectivity index (χ3n) is 5.48. The van der Waals surface area contributed by atoms with Gasteiger partial charge in [0.15, 0.2) is 0 Å². The summed E-state index contributed by atoms with van der Waals surface area (Å²) in [5, 5.41) is 3.61. The quantitative estimate of drug-likeness (QED) is 0.433. The molecule has 0 spiro atoms. The van der Waals surface area contributed by atoms with Gasteiger partial charge in [0.25, 0.3) is 0 Å². The van der Waals surface area contributed by atoms with Crippen molar-refractivity contribution in [2.75, 3.05) is 0 Å². The lowest BCUT2D eigenvalue weighted by Gasteiger charge is -2.11. The van der Waals surface area contributed by atoms with Gasteiger partial charge in [0, 0.05) is 33.3 Å². The number of nitrogens with zero attached hydrogens (tertiary/aromatic N) is 1. The Bertz CT molecular complexity index is 1470. The van der Waals surface area contributed by atoms with Gasteiger partial charge in [-0.15, -0.1) is 11.3 Å². The maximum atomic E-state index is 12.2. The third-order valence-corrected chi connectivity index (χ3v) is 6.40. The van der Waals surface area contributed by atoms with Crippen molar-refractivity contribution in [2.24, 2.45) is 11.5 Å². The van der Waals surface area contributed by atoms with E-state index < -0.39 is 11.8 Å². The molecule has 0 aliphatic heterocycles. The summed E-state index contributed by atoms with van der Waals surface area (Å²) < 4.78 is 2.09. The van der Waals surface area contributed by atoms with Gasteiger partial charge in [-0.3, -0.25) is 9.59 Å². The molecular formula is C25H18N3O2S. The Morgan fingerprint density at radius 1 is 0.903 bits per heavy atom. The van der Waals surface area contributed by atoms with Crippen LogP contribution in [0.4, 0.5) is 0 Å². The number of thiophene rings is 1. The minimum Gasteiger partial charge on any atom is -0.366 e. The summed E-state index contributed by atoms with van der Waals surface area (Å²) in [5.74, 6) is -0.960. The zero-order valence-corrected chi connectivity index (χ0v) is 17.3. The zero-order chi connectivity index (χ0) is 21.5. The van der Waals surface area contributed by atoms with Gasteiger partial charge in [-0.1, -0.05) is 30.3 Å². The summed E-state index contributed by atoms with van der Waals surface area (Å²) in [4.78, 5) is 25.3. The van der Waals surface area contributed by atoms with Crippen LogP contribution in [0.2, 0.25) is 0 Å². The second-order valence-corrected chi connectivity index (χ2v) is 8.25. The first-order chi connectivity index (χ1) is 15.0. The average molecular weight is 425 g/mol. The van der Waals surface area contributed by atoms with E-state index in [1.165, 1.54) is 0 Å². The van der Waals surface area contributed by atoms with Gasteiger partial charge in [-0.25, -0.2) is 0 Å². The lowest BCUT2D eigenvalue weighted by molar-refractivity contribution is 0.0992. The number of aromatic nitrogens is 1. The van der Waals surface area contributed by atoms with Crippen molar-refractivity contribution < 1.29 is 9.59 Å². The van der Waals surface area contributed by atoms with E-state index in [1.54, 1.807) is 29.5 Å². The van der Waals surface area contributed by atoms with Crippen LogP contribution in [0.3, 0.4) is 0 Å². The highest BCUT2D eigenvalue weighted by atomic mass is 32.1. The molecule has 151 valence electrons. The first-order valence-corrected chi connectivity index (χ1v) is 10.6. The van der Waals surface area contributed by atoms with Crippen molar-refractivity contribution in [3.63, 3.8) is 0 Å². The second-order valence-electron chi connectivity index (χ2n) is 7.30. The monoisotopic (exact) mass is 424 g/mol. The van der Waals surface area contributed by atoms with Gasteiger partial charge in [0.1, 0.15) is 0 Å². The summed E-state index contributed by atoms with van der Waals surface area (Å²) in [7, 11) is 0. The van der Waals surface area contributed by atoms with E-state index in [0.29, 0.717) is 17.7 Å². The topological polar surface area (TPSA) is 91.1 Å². The van der Waals surface area contributed by atoms with Crippen LogP contribution < -0.4 is 11.5 Å². The number of hydrogen-bond donors (Lipinski definition) is 2. The molecule has 5 nitrogen and oxygen atoms in total. The van der Waals surface area contributed by atoms with Gasteiger partial charge in [0.2, 0.25) is 11.8 Å². The number of nitrogens with two attached hydrogens (primary N) is 2. The van der Waals surface area contributed by atoms with Crippen LogP contribution in [0.15, 0.2) is 72.1 Å². The Kier molecular flexibility index (Phi) is 4.56. The molecule has 31 heavy (non-hydrogen) atoms. The van der Waals surface area contributed by atoms with Crippen LogP contribution in [0.1, 0.15) is 26.3 Å². The second kappa shape index (κ2) is 7.41. The van der Waals surface area contributed by atoms with Crippen LogP contribution in [0, 0.1) is 6.07 Å². The lowest BCUT2D eigenvalue weighted by Crippen LogP contribution is -2.15. The molecule has 0 saturated heterocycles. The third kappa shape index (κ3) is 3.17. The Morgan fingerprint density at radius 2 is 1.68 bits per heavy atom.